The number of carbonyl (C=O) groups is 2. The van der Waals surface area contributed by atoms with E-state index in [4.69, 9.17) is 28.4 Å². The number of Topliss-reactive ketones (excluding diaryl/α,β-unsaturated/α-hetero) is 2. The Balaban J connectivity index is 1.69. The number of thiophene rings is 2. The summed E-state index contributed by atoms with van der Waals surface area (Å²) in [5, 5.41) is 3.52. The molecule has 32 heavy (non-hydrogen) atoms. The van der Waals surface area contributed by atoms with E-state index in [1.165, 1.54) is 22.7 Å². The third kappa shape index (κ3) is 3.25. The zero-order valence-corrected chi connectivity index (χ0v) is 19.1. The molecule has 3 aliphatic rings. The van der Waals surface area contributed by atoms with Crippen LogP contribution in [-0.2, 0) is 19.1 Å². The highest BCUT2D eigenvalue weighted by Gasteiger charge is 2.43. The highest BCUT2D eigenvalue weighted by atomic mass is 32.1. The fourth-order valence-corrected chi connectivity index (χ4v) is 5.65. The molecule has 0 bridgehead atoms. The Hall–Kier alpha value is -2.98. The van der Waals surface area contributed by atoms with Gasteiger partial charge in [-0.25, -0.2) is 0 Å². The lowest BCUT2D eigenvalue weighted by atomic mass is 9.90. The van der Waals surface area contributed by atoms with Gasteiger partial charge in [-0.15, -0.1) is 22.7 Å². The summed E-state index contributed by atoms with van der Waals surface area (Å²) in [6.07, 6.45) is 0. The van der Waals surface area contributed by atoms with Gasteiger partial charge in [-0.3, -0.25) is 9.59 Å². The van der Waals surface area contributed by atoms with Crippen molar-refractivity contribution in [1.29, 1.82) is 0 Å². The Bertz CT molecular complexity index is 1060. The molecule has 10 heteroatoms. The second-order valence-electron chi connectivity index (χ2n) is 6.84. The molecule has 0 aromatic carbocycles. The van der Waals surface area contributed by atoms with Crippen molar-refractivity contribution < 1.29 is 38.0 Å². The molecule has 0 N–H and O–H groups in total. The van der Waals surface area contributed by atoms with Gasteiger partial charge < -0.3 is 28.4 Å². The van der Waals surface area contributed by atoms with Crippen LogP contribution in [0.2, 0.25) is 0 Å². The van der Waals surface area contributed by atoms with E-state index >= 15 is 0 Å². The van der Waals surface area contributed by atoms with E-state index in [2.05, 4.69) is 0 Å². The maximum Gasteiger partial charge on any atom is 0.233 e. The topological polar surface area (TPSA) is 89.5 Å². The molecule has 0 saturated carbocycles. The number of carbonyl (C=O) groups excluding carboxylic acids is 2. The average molecular weight is 477 g/mol. The molecule has 168 valence electrons. The predicted octanol–water partition coefficient (Wildman–Crippen LogP) is 3.70. The van der Waals surface area contributed by atoms with Crippen LogP contribution in [0.25, 0.3) is 11.1 Å². The van der Waals surface area contributed by atoms with Gasteiger partial charge in [-0.1, -0.05) is 0 Å². The summed E-state index contributed by atoms with van der Waals surface area (Å²) in [5.41, 5.74) is 0.256. The molecule has 8 nitrogen and oxygen atoms in total. The van der Waals surface area contributed by atoms with E-state index < -0.39 is 11.6 Å². The van der Waals surface area contributed by atoms with Crippen LogP contribution in [0.1, 0.15) is 23.6 Å². The lowest BCUT2D eigenvalue weighted by Gasteiger charge is -2.24. The van der Waals surface area contributed by atoms with Crippen molar-refractivity contribution in [2.75, 3.05) is 39.6 Å². The molecule has 2 aromatic rings. The lowest BCUT2D eigenvalue weighted by Crippen LogP contribution is -2.26. The predicted molar refractivity (Wildman–Crippen MR) is 118 cm³/mol. The van der Waals surface area contributed by atoms with E-state index in [0.29, 0.717) is 59.2 Å². The first-order valence-corrected chi connectivity index (χ1v) is 12.0. The molecule has 0 atom stereocenters. The summed E-state index contributed by atoms with van der Waals surface area (Å²) in [5.74, 6) is 1.03. The van der Waals surface area contributed by atoms with Gasteiger partial charge in [0.2, 0.25) is 11.6 Å². The third-order valence-electron chi connectivity index (χ3n) is 4.95. The van der Waals surface area contributed by atoms with Crippen LogP contribution in [0.4, 0.5) is 0 Å². The van der Waals surface area contributed by atoms with Crippen LogP contribution in [0.3, 0.4) is 0 Å². The Kier molecular flexibility index (Phi) is 5.56. The highest BCUT2D eigenvalue weighted by molar-refractivity contribution is 7.13. The first kappa shape index (κ1) is 20.9. The summed E-state index contributed by atoms with van der Waals surface area (Å²) in [6, 6.07) is 0. The fourth-order valence-electron chi connectivity index (χ4n) is 3.71. The smallest absolute Gasteiger partial charge is 0.233 e. The second-order valence-corrected chi connectivity index (χ2v) is 8.60. The van der Waals surface area contributed by atoms with Crippen LogP contribution in [0.5, 0.6) is 23.0 Å². The van der Waals surface area contributed by atoms with Crippen LogP contribution < -0.4 is 18.9 Å². The van der Waals surface area contributed by atoms with E-state index in [0.717, 1.165) is 0 Å². The van der Waals surface area contributed by atoms with Gasteiger partial charge in [-0.05, 0) is 13.8 Å². The lowest BCUT2D eigenvalue weighted by molar-refractivity contribution is -0.118. The summed E-state index contributed by atoms with van der Waals surface area (Å²) < 4.78 is 34.3. The van der Waals surface area contributed by atoms with Crippen LogP contribution in [-0.4, -0.2) is 51.2 Å². The first-order chi connectivity index (χ1) is 15.7. The molecule has 5 rings (SSSR count). The Labute approximate surface area is 191 Å². The molecule has 0 unspecified atom stereocenters. The number of rotatable bonds is 6. The van der Waals surface area contributed by atoms with Gasteiger partial charge in [0.05, 0.1) is 34.1 Å². The van der Waals surface area contributed by atoms with Gasteiger partial charge in [-0.2, -0.15) is 0 Å². The number of hydrogen-bond acceptors (Lipinski definition) is 10. The number of ether oxygens (including phenoxy) is 6. The van der Waals surface area contributed by atoms with E-state index in [1.54, 1.807) is 24.6 Å². The monoisotopic (exact) mass is 476 g/mol. The Morgan fingerprint density at radius 1 is 0.719 bits per heavy atom. The van der Waals surface area contributed by atoms with Crippen molar-refractivity contribution in [2.24, 2.45) is 0 Å². The molecule has 0 radical (unpaired) electrons. The molecule has 2 aromatic heterocycles. The quantitative estimate of drug-likeness (QED) is 0.583. The molecule has 1 aliphatic carbocycles. The zero-order valence-electron chi connectivity index (χ0n) is 17.5. The standard InChI is InChI=1S/C22H20O8S2/c1-3-25-19-13(21-17-11(9-31-21)27-5-7-29-17)16(24)20(26-4-2)14(15(19)23)22-18-12(10-32-22)28-6-8-30-18/h9-10H,3-8H2,1-2H3. The fraction of sp³-hybridized carbons (Fsp3) is 0.364. The summed E-state index contributed by atoms with van der Waals surface area (Å²) in [6.45, 7) is 5.50. The maximum atomic E-state index is 13.8. The maximum absolute atomic E-state index is 13.8. The molecule has 0 spiro atoms. The molecule has 0 fully saturated rings. The van der Waals surface area contributed by atoms with Gasteiger partial charge in [0.1, 0.15) is 26.4 Å². The van der Waals surface area contributed by atoms with Crippen molar-refractivity contribution in [3.05, 3.63) is 32.0 Å². The van der Waals surface area contributed by atoms with Crippen LogP contribution in [0.15, 0.2) is 22.3 Å². The average Bonchev–Trinajstić information content (AvgIpc) is 3.42. The zero-order chi connectivity index (χ0) is 22.2. The van der Waals surface area contributed by atoms with Gasteiger partial charge in [0.15, 0.2) is 34.5 Å². The normalized spacial score (nSPS) is 17.7. The summed E-state index contributed by atoms with van der Waals surface area (Å²) >= 11 is 2.54. The number of allylic oxidation sites excluding steroid dienone is 2. The minimum absolute atomic E-state index is 0.0337. The first-order valence-electron chi connectivity index (χ1n) is 10.2. The van der Waals surface area contributed by atoms with Crippen molar-refractivity contribution in [1.82, 2.24) is 0 Å². The minimum atomic E-state index is -0.442. The molecular formula is C22H20O8S2. The Morgan fingerprint density at radius 2 is 1.12 bits per heavy atom. The molecule has 2 aliphatic heterocycles. The van der Waals surface area contributed by atoms with Crippen LogP contribution >= 0.6 is 22.7 Å². The summed E-state index contributed by atoms with van der Waals surface area (Å²) in [4.78, 5) is 28.5. The van der Waals surface area contributed by atoms with Gasteiger partial charge in [0, 0.05) is 10.8 Å². The van der Waals surface area contributed by atoms with Crippen molar-refractivity contribution in [3.63, 3.8) is 0 Å². The number of hydrogen-bond donors (Lipinski definition) is 0. The molecule has 4 heterocycles. The third-order valence-corrected chi connectivity index (χ3v) is 6.87. The van der Waals surface area contributed by atoms with E-state index in [9.17, 15) is 9.59 Å². The second kappa shape index (κ2) is 8.51. The SMILES string of the molecule is CCOC1=C(c2scc3c2OCCO3)C(=O)C(OCC)=C(c2scc3c2OCCO3)C1=O. The highest BCUT2D eigenvalue weighted by Crippen LogP contribution is 2.50. The minimum Gasteiger partial charge on any atom is -0.489 e. The van der Waals surface area contributed by atoms with Crippen LogP contribution in [0, 0.1) is 0 Å². The van der Waals surface area contributed by atoms with Crippen molar-refractivity contribution in [2.45, 2.75) is 13.8 Å². The van der Waals surface area contributed by atoms with Crippen molar-refractivity contribution in [3.8, 4) is 23.0 Å². The molecule has 0 amide bonds. The van der Waals surface area contributed by atoms with Crippen molar-refractivity contribution >= 4 is 45.4 Å². The number of fused-ring (bicyclic) bond motifs is 2. The largest absolute Gasteiger partial charge is 0.489 e. The molecule has 0 saturated heterocycles. The number of ketones is 2. The van der Waals surface area contributed by atoms with E-state index in [1.807, 2.05) is 0 Å². The van der Waals surface area contributed by atoms with E-state index in [-0.39, 0.29) is 35.9 Å². The van der Waals surface area contributed by atoms with Gasteiger partial charge in [0.25, 0.3) is 0 Å². The summed E-state index contributed by atoms with van der Waals surface area (Å²) in [7, 11) is 0. The molecular weight excluding hydrogens is 456 g/mol. The van der Waals surface area contributed by atoms with Gasteiger partial charge >= 0.3 is 0 Å². The Morgan fingerprint density at radius 3 is 1.53 bits per heavy atom.